The number of hydroxylamine groups is 2. The second kappa shape index (κ2) is 11.0. The number of carbonyl (C=O) groups is 1. The van der Waals surface area contributed by atoms with Gasteiger partial charge in [0.05, 0.1) is 19.3 Å². The Morgan fingerprint density at radius 2 is 2.15 bits per heavy atom. The van der Waals surface area contributed by atoms with Crippen molar-refractivity contribution >= 4 is 5.91 Å². The van der Waals surface area contributed by atoms with Crippen LogP contribution in [0.2, 0.25) is 0 Å². The lowest BCUT2D eigenvalue weighted by molar-refractivity contribution is -0.136. The van der Waals surface area contributed by atoms with E-state index in [4.69, 9.17) is 9.68 Å². The van der Waals surface area contributed by atoms with E-state index in [9.17, 15) is 4.79 Å². The van der Waals surface area contributed by atoms with Crippen molar-refractivity contribution in [2.45, 2.75) is 44.7 Å². The molecule has 0 saturated carbocycles. The quantitative estimate of drug-likeness (QED) is 0.326. The summed E-state index contributed by atoms with van der Waals surface area (Å²) < 4.78 is 0. The van der Waals surface area contributed by atoms with Gasteiger partial charge in [0.25, 0.3) is 5.91 Å². The van der Waals surface area contributed by atoms with Crippen LogP contribution in [0.4, 0.5) is 0 Å². The largest absolute Gasteiger partial charge is 0.317 e. The molecule has 7 heteroatoms. The van der Waals surface area contributed by atoms with Crippen LogP contribution in [0.5, 0.6) is 0 Å². The average molecular weight is 288 g/mol. The molecule has 4 N–H and O–H groups in total. The zero-order valence-corrected chi connectivity index (χ0v) is 12.5. The standard InChI is InChI=1S/C13H28N4O3/c1-3-4-8-19-16-11-5-6-12(15-10-11)13(18)17-20-9-7-14-2/h11-12,14-16H,3-10H2,1-2H3,(H,17,18)/t11-,12+/m1/s1. The molecule has 0 aromatic rings. The highest BCUT2D eigenvalue weighted by molar-refractivity contribution is 5.80. The third-order valence-electron chi connectivity index (χ3n) is 3.21. The fraction of sp³-hybridized carbons (Fsp3) is 0.923. The number of amides is 1. The molecule has 0 aromatic heterocycles. The zero-order valence-electron chi connectivity index (χ0n) is 12.5. The molecule has 1 heterocycles. The molecule has 7 nitrogen and oxygen atoms in total. The maximum atomic E-state index is 11.8. The van der Waals surface area contributed by atoms with Gasteiger partial charge in [0.2, 0.25) is 0 Å². The molecule has 1 saturated heterocycles. The van der Waals surface area contributed by atoms with Crippen LogP contribution in [0.25, 0.3) is 0 Å². The SMILES string of the molecule is CCCCON[C@@H]1CC[C@@H](C(=O)NOCCNC)NC1. The number of nitrogens with one attached hydrogen (secondary N) is 4. The molecule has 1 fully saturated rings. The number of piperidine rings is 1. The van der Waals surface area contributed by atoms with Gasteiger partial charge < -0.3 is 15.5 Å². The minimum Gasteiger partial charge on any atom is -0.317 e. The Kier molecular flexibility index (Phi) is 9.52. The van der Waals surface area contributed by atoms with E-state index in [-0.39, 0.29) is 18.0 Å². The third kappa shape index (κ3) is 7.16. The van der Waals surface area contributed by atoms with E-state index in [2.05, 4.69) is 28.5 Å². The lowest BCUT2D eigenvalue weighted by Crippen LogP contribution is -2.53. The van der Waals surface area contributed by atoms with Crippen LogP contribution in [0.15, 0.2) is 0 Å². The molecule has 118 valence electrons. The van der Waals surface area contributed by atoms with Crippen molar-refractivity contribution in [2.75, 3.05) is 33.4 Å². The Hall–Kier alpha value is -0.730. The Morgan fingerprint density at radius 3 is 2.80 bits per heavy atom. The van der Waals surface area contributed by atoms with Crippen molar-refractivity contribution in [1.82, 2.24) is 21.6 Å². The second-order valence-corrected chi connectivity index (χ2v) is 4.97. The van der Waals surface area contributed by atoms with Crippen molar-refractivity contribution in [3.8, 4) is 0 Å². The van der Waals surface area contributed by atoms with Crippen LogP contribution in [-0.2, 0) is 14.5 Å². The highest BCUT2D eigenvalue weighted by Gasteiger charge is 2.25. The molecule has 20 heavy (non-hydrogen) atoms. The molecule has 0 aliphatic carbocycles. The molecular formula is C13H28N4O3. The van der Waals surface area contributed by atoms with Crippen molar-refractivity contribution in [2.24, 2.45) is 0 Å². The Morgan fingerprint density at radius 1 is 1.30 bits per heavy atom. The number of unbranched alkanes of at least 4 members (excludes halogenated alkanes) is 1. The van der Waals surface area contributed by atoms with E-state index >= 15 is 0 Å². The van der Waals surface area contributed by atoms with Crippen molar-refractivity contribution in [3.63, 3.8) is 0 Å². The zero-order chi connectivity index (χ0) is 14.6. The van der Waals surface area contributed by atoms with Crippen LogP contribution in [0.3, 0.4) is 0 Å². The van der Waals surface area contributed by atoms with Gasteiger partial charge in [-0.1, -0.05) is 13.3 Å². The summed E-state index contributed by atoms with van der Waals surface area (Å²) in [6.07, 6.45) is 3.87. The summed E-state index contributed by atoms with van der Waals surface area (Å²) in [4.78, 5) is 22.2. The summed E-state index contributed by atoms with van der Waals surface area (Å²) in [5.41, 5.74) is 5.51. The molecular weight excluding hydrogens is 260 g/mol. The molecule has 0 radical (unpaired) electrons. The molecule has 1 aliphatic heterocycles. The summed E-state index contributed by atoms with van der Waals surface area (Å²) in [7, 11) is 1.84. The van der Waals surface area contributed by atoms with Gasteiger partial charge in [-0.3, -0.25) is 9.63 Å². The van der Waals surface area contributed by atoms with Crippen LogP contribution in [0.1, 0.15) is 32.6 Å². The molecule has 1 rings (SSSR count). The van der Waals surface area contributed by atoms with Crippen LogP contribution in [-0.4, -0.2) is 51.3 Å². The minimum absolute atomic E-state index is 0.105. The number of carbonyl (C=O) groups excluding carboxylic acids is 1. The van der Waals surface area contributed by atoms with E-state index in [1.54, 1.807) is 0 Å². The van der Waals surface area contributed by atoms with Gasteiger partial charge >= 0.3 is 0 Å². The van der Waals surface area contributed by atoms with E-state index in [1.807, 2.05) is 7.05 Å². The topological polar surface area (TPSA) is 83.7 Å². The molecule has 1 amide bonds. The van der Waals surface area contributed by atoms with Crippen LogP contribution in [0, 0.1) is 0 Å². The number of hydrogen-bond donors (Lipinski definition) is 4. The van der Waals surface area contributed by atoms with E-state index in [0.717, 1.165) is 38.8 Å². The lowest BCUT2D eigenvalue weighted by Gasteiger charge is -2.29. The predicted octanol–water partition coefficient (Wildman–Crippen LogP) is -0.304. The maximum Gasteiger partial charge on any atom is 0.260 e. The fourth-order valence-electron chi connectivity index (χ4n) is 1.92. The first kappa shape index (κ1) is 17.3. The van der Waals surface area contributed by atoms with Gasteiger partial charge in [-0.05, 0) is 26.3 Å². The normalized spacial score (nSPS) is 22.7. The summed E-state index contributed by atoms with van der Waals surface area (Å²) in [5, 5.41) is 6.14. The second-order valence-electron chi connectivity index (χ2n) is 4.97. The monoisotopic (exact) mass is 288 g/mol. The van der Waals surface area contributed by atoms with Crippen LogP contribution >= 0.6 is 0 Å². The molecule has 0 bridgehead atoms. The molecule has 2 atom stereocenters. The van der Waals surface area contributed by atoms with E-state index in [1.165, 1.54) is 0 Å². The third-order valence-corrected chi connectivity index (χ3v) is 3.21. The highest BCUT2D eigenvalue weighted by Crippen LogP contribution is 2.08. The number of likely N-dealkylation sites (N-methyl/N-ethyl adjacent to an activating group) is 1. The molecule has 0 spiro atoms. The Balaban J connectivity index is 2.07. The van der Waals surface area contributed by atoms with Gasteiger partial charge in [0.15, 0.2) is 0 Å². The number of rotatable bonds is 10. The first-order valence-corrected chi connectivity index (χ1v) is 7.44. The summed E-state index contributed by atoms with van der Waals surface area (Å²) in [6.45, 7) is 4.76. The summed E-state index contributed by atoms with van der Waals surface area (Å²) in [6, 6.07) is 0.0828. The lowest BCUT2D eigenvalue weighted by atomic mass is 10.0. The smallest absolute Gasteiger partial charge is 0.260 e. The van der Waals surface area contributed by atoms with Crippen molar-refractivity contribution in [3.05, 3.63) is 0 Å². The van der Waals surface area contributed by atoms with Gasteiger partial charge in [-0.2, -0.15) is 5.48 Å². The van der Waals surface area contributed by atoms with Crippen LogP contribution < -0.4 is 21.6 Å². The Bertz CT molecular complexity index is 258. The van der Waals surface area contributed by atoms with Crippen molar-refractivity contribution in [1.29, 1.82) is 0 Å². The Labute approximate surface area is 121 Å². The molecule has 0 aromatic carbocycles. The van der Waals surface area contributed by atoms with E-state index in [0.29, 0.717) is 13.2 Å². The summed E-state index contributed by atoms with van der Waals surface area (Å²) in [5.74, 6) is -0.105. The van der Waals surface area contributed by atoms with Gasteiger partial charge in [-0.15, -0.1) is 0 Å². The fourth-order valence-corrected chi connectivity index (χ4v) is 1.92. The van der Waals surface area contributed by atoms with Gasteiger partial charge in [0, 0.05) is 19.1 Å². The number of hydrogen-bond acceptors (Lipinski definition) is 6. The molecule has 0 unspecified atom stereocenters. The summed E-state index contributed by atoms with van der Waals surface area (Å²) >= 11 is 0. The maximum absolute atomic E-state index is 11.8. The van der Waals surface area contributed by atoms with Gasteiger partial charge in [0.1, 0.15) is 0 Å². The van der Waals surface area contributed by atoms with Gasteiger partial charge in [-0.25, -0.2) is 5.48 Å². The predicted molar refractivity (Wildman–Crippen MR) is 76.8 cm³/mol. The van der Waals surface area contributed by atoms with E-state index < -0.39 is 0 Å². The first-order chi connectivity index (χ1) is 9.77. The minimum atomic E-state index is -0.182. The molecule has 1 aliphatic rings. The first-order valence-electron chi connectivity index (χ1n) is 7.44. The highest BCUT2D eigenvalue weighted by atomic mass is 16.7. The average Bonchev–Trinajstić information content (AvgIpc) is 2.48. The van der Waals surface area contributed by atoms with Crippen molar-refractivity contribution < 1.29 is 14.5 Å².